The minimum Gasteiger partial charge on any atom is -0.493 e. The van der Waals surface area contributed by atoms with Crippen LogP contribution in [0, 0.1) is 0 Å². The van der Waals surface area contributed by atoms with Gasteiger partial charge in [0.05, 0.1) is 13.7 Å². The summed E-state index contributed by atoms with van der Waals surface area (Å²) in [6.07, 6.45) is 2.23. The number of nitrogens with zero attached hydrogens (tertiary/aromatic N) is 2. The standard InChI is InChI=1S/C24H34N4O2.HI/c1-4-30-23-16-20(10-11-22(23)29-3)17-26-24(25-2)27-21-12-14-28(15-13-21)18-19-8-6-5-7-9-19;/h5-11,16,21H,4,12-15,17-18H2,1-3H3,(H2,25,26,27);1H. The molecule has 0 amide bonds. The summed E-state index contributed by atoms with van der Waals surface area (Å²) in [7, 11) is 3.48. The Labute approximate surface area is 203 Å². The zero-order valence-electron chi connectivity index (χ0n) is 18.8. The van der Waals surface area contributed by atoms with E-state index in [1.165, 1.54) is 5.56 Å². The third kappa shape index (κ3) is 7.88. The number of hydrogen-bond acceptors (Lipinski definition) is 4. The Morgan fingerprint density at radius 2 is 1.81 bits per heavy atom. The van der Waals surface area contributed by atoms with E-state index in [2.05, 4.69) is 50.9 Å². The fourth-order valence-corrected chi connectivity index (χ4v) is 3.75. The predicted octanol–water partition coefficient (Wildman–Crippen LogP) is 4.04. The molecule has 6 nitrogen and oxygen atoms in total. The lowest BCUT2D eigenvalue weighted by Crippen LogP contribution is -2.48. The third-order valence-corrected chi connectivity index (χ3v) is 5.39. The molecule has 0 bridgehead atoms. The van der Waals surface area contributed by atoms with Gasteiger partial charge in [-0.2, -0.15) is 0 Å². The summed E-state index contributed by atoms with van der Waals surface area (Å²) in [4.78, 5) is 6.93. The van der Waals surface area contributed by atoms with Crippen molar-refractivity contribution in [2.24, 2.45) is 4.99 Å². The van der Waals surface area contributed by atoms with Crippen molar-refractivity contribution in [2.45, 2.75) is 38.9 Å². The number of guanidine groups is 1. The second kappa shape index (κ2) is 13.4. The Balaban J connectivity index is 0.00000341. The van der Waals surface area contributed by atoms with Gasteiger partial charge in [-0.1, -0.05) is 36.4 Å². The molecule has 7 heteroatoms. The monoisotopic (exact) mass is 538 g/mol. The number of methoxy groups -OCH3 is 1. The van der Waals surface area contributed by atoms with Gasteiger partial charge in [0, 0.05) is 39.3 Å². The van der Waals surface area contributed by atoms with Gasteiger partial charge >= 0.3 is 0 Å². The Morgan fingerprint density at radius 3 is 2.45 bits per heavy atom. The maximum Gasteiger partial charge on any atom is 0.191 e. The number of benzene rings is 2. The molecule has 0 spiro atoms. The molecular weight excluding hydrogens is 503 g/mol. The van der Waals surface area contributed by atoms with Gasteiger partial charge < -0.3 is 20.1 Å². The fraction of sp³-hybridized carbons (Fsp3) is 0.458. The molecule has 2 aromatic carbocycles. The van der Waals surface area contributed by atoms with E-state index in [0.717, 1.165) is 55.5 Å². The molecule has 0 unspecified atom stereocenters. The molecule has 1 heterocycles. The van der Waals surface area contributed by atoms with Gasteiger partial charge in [-0.05, 0) is 43.0 Å². The van der Waals surface area contributed by atoms with Crippen LogP contribution in [0.4, 0.5) is 0 Å². The Bertz CT molecular complexity index is 808. The number of ether oxygens (including phenoxy) is 2. The topological polar surface area (TPSA) is 58.1 Å². The van der Waals surface area contributed by atoms with E-state index in [1.54, 1.807) is 7.11 Å². The second-order valence-electron chi connectivity index (χ2n) is 7.52. The normalized spacial score (nSPS) is 15.1. The molecule has 2 aromatic rings. The van der Waals surface area contributed by atoms with Crippen LogP contribution >= 0.6 is 24.0 Å². The van der Waals surface area contributed by atoms with Crippen LogP contribution in [0.3, 0.4) is 0 Å². The van der Waals surface area contributed by atoms with Gasteiger partial charge in [0.15, 0.2) is 17.5 Å². The van der Waals surface area contributed by atoms with Crippen molar-refractivity contribution < 1.29 is 9.47 Å². The lowest BCUT2D eigenvalue weighted by atomic mass is 10.0. The SMILES string of the molecule is CCOc1cc(CNC(=NC)NC2CCN(Cc3ccccc3)CC2)ccc1OC.I. The smallest absolute Gasteiger partial charge is 0.191 e. The van der Waals surface area contributed by atoms with Crippen molar-refractivity contribution in [1.82, 2.24) is 15.5 Å². The van der Waals surface area contributed by atoms with Gasteiger partial charge in [0.2, 0.25) is 0 Å². The van der Waals surface area contributed by atoms with Crippen molar-refractivity contribution >= 4 is 29.9 Å². The van der Waals surface area contributed by atoms with E-state index >= 15 is 0 Å². The van der Waals surface area contributed by atoms with Crippen LogP contribution in [0.2, 0.25) is 0 Å². The van der Waals surface area contributed by atoms with Crippen molar-refractivity contribution in [3.63, 3.8) is 0 Å². The molecule has 1 fully saturated rings. The van der Waals surface area contributed by atoms with E-state index in [-0.39, 0.29) is 24.0 Å². The van der Waals surface area contributed by atoms with Crippen molar-refractivity contribution in [3.05, 3.63) is 59.7 Å². The first kappa shape index (κ1) is 25.3. The molecule has 31 heavy (non-hydrogen) atoms. The molecule has 2 N–H and O–H groups in total. The first-order chi connectivity index (χ1) is 14.7. The largest absolute Gasteiger partial charge is 0.493 e. The van der Waals surface area contributed by atoms with E-state index in [4.69, 9.17) is 9.47 Å². The lowest BCUT2D eigenvalue weighted by Gasteiger charge is -2.33. The Hall–Kier alpha value is -2.00. The fourth-order valence-electron chi connectivity index (χ4n) is 3.75. The molecule has 0 saturated carbocycles. The second-order valence-corrected chi connectivity index (χ2v) is 7.52. The number of aliphatic imine (C=N–C) groups is 1. The molecule has 0 atom stereocenters. The molecule has 1 aliphatic rings. The average molecular weight is 538 g/mol. The highest BCUT2D eigenvalue weighted by atomic mass is 127. The van der Waals surface area contributed by atoms with Gasteiger partial charge in [0.1, 0.15) is 0 Å². The maximum atomic E-state index is 5.67. The maximum absolute atomic E-state index is 5.67. The molecule has 3 rings (SSSR count). The highest BCUT2D eigenvalue weighted by Gasteiger charge is 2.20. The van der Waals surface area contributed by atoms with Crippen molar-refractivity contribution in [2.75, 3.05) is 33.9 Å². The zero-order chi connectivity index (χ0) is 21.2. The lowest BCUT2D eigenvalue weighted by molar-refractivity contribution is 0.198. The molecule has 0 aliphatic carbocycles. The zero-order valence-corrected chi connectivity index (χ0v) is 21.1. The summed E-state index contributed by atoms with van der Waals surface area (Å²) in [6, 6.07) is 17.1. The molecule has 1 aliphatic heterocycles. The number of hydrogen-bond donors (Lipinski definition) is 2. The Kier molecular flexibility index (Phi) is 10.9. The van der Waals surface area contributed by atoms with E-state index in [9.17, 15) is 0 Å². The quantitative estimate of drug-likeness (QED) is 0.302. The van der Waals surface area contributed by atoms with Crippen LogP contribution in [0.5, 0.6) is 11.5 Å². The van der Waals surface area contributed by atoms with Gasteiger partial charge in [-0.3, -0.25) is 9.89 Å². The minimum atomic E-state index is 0. The molecule has 170 valence electrons. The van der Waals surface area contributed by atoms with Crippen molar-refractivity contribution in [1.29, 1.82) is 0 Å². The summed E-state index contributed by atoms with van der Waals surface area (Å²) in [6.45, 7) is 6.48. The first-order valence-electron chi connectivity index (χ1n) is 10.7. The highest BCUT2D eigenvalue weighted by molar-refractivity contribution is 14.0. The first-order valence-corrected chi connectivity index (χ1v) is 10.7. The number of nitrogens with one attached hydrogen (secondary N) is 2. The van der Waals surface area contributed by atoms with Gasteiger partial charge in [-0.15, -0.1) is 24.0 Å². The number of likely N-dealkylation sites (tertiary alicyclic amines) is 1. The van der Waals surface area contributed by atoms with Gasteiger partial charge in [-0.25, -0.2) is 0 Å². The highest BCUT2D eigenvalue weighted by Crippen LogP contribution is 2.28. The summed E-state index contributed by atoms with van der Waals surface area (Å²) >= 11 is 0. The van der Waals surface area contributed by atoms with Crippen LogP contribution in [0.1, 0.15) is 30.9 Å². The summed E-state index contributed by atoms with van der Waals surface area (Å²) in [5.41, 5.74) is 2.51. The summed E-state index contributed by atoms with van der Waals surface area (Å²) in [5, 5.41) is 7.00. The molecule has 0 radical (unpaired) electrons. The number of piperidine rings is 1. The summed E-state index contributed by atoms with van der Waals surface area (Å²) in [5.74, 6) is 2.36. The molecule has 1 saturated heterocycles. The van der Waals surface area contributed by atoms with Crippen LogP contribution < -0.4 is 20.1 Å². The van der Waals surface area contributed by atoms with E-state index in [1.807, 2.05) is 32.2 Å². The van der Waals surface area contributed by atoms with Crippen molar-refractivity contribution in [3.8, 4) is 11.5 Å². The van der Waals surface area contributed by atoms with E-state index in [0.29, 0.717) is 19.2 Å². The minimum absolute atomic E-state index is 0. The van der Waals surface area contributed by atoms with Crippen LogP contribution in [0.15, 0.2) is 53.5 Å². The number of rotatable bonds is 8. The predicted molar refractivity (Wildman–Crippen MR) is 138 cm³/mol. The number of halogens is 1. The van der Waals surface area contributed by atoms with Crippen LogP contribution in [0.25, 0.3) is 0 Å². The Morgan fingerprint density at radius 1 is 1.06 bits per heavy atom. The van der Waals surface area contributed by atoms with Gasteiger partial charge in [0.25, 0.3) is 0 Å². The molecule has 0 aromatic heterocycles. The average Bonchev–Trinajstić information content (AvgIpc) is 2.79. The van der Waals surface area contributed by atoms with Crippen LogP contribution in [-0.4, -0.2) is 50.8 Å². The summed E-state index contributed by atoms with van der Waals surface area (Å²) < 4.78 is 11.0. The third-order valence-electron chi connectivity index (χ3n) is 5.39. The van der Waals surface area contributed by atoms with E-state index < -0.39 is 0 Å². The van der Waals surface area contributed by atoms with Crippen LogP contribution in [-0.2, 0) is 13.1 Å². The molecular formula is C24H35IN4O2.